The molecule has 0 radical (unpaired) electrons. The molecule has 0 bridgehead atoms. The number of aromatic nitrogens is 2. The molecule has 0 amide bonds. The molecule has 4 heteroatoms. The van der Waals surface area contributed by atoms with Crippen LogP contribution in [0.25, 0.3) is 11.0 Å². The first kappa shape index (κ1) is 11.5. The van der Waals surface area contributed by atoms with Gasteiger partial charge in [-0.05, 0) is 50.9 Å². The van der Waals surface area contributed by atoms with E-state index >= 15 is 0 Å². The van der Waals surface area contributed by atoms with Crippen molar-refractivity contribution in [2.24, 2.45) is 5.92 Å². The number of benzene rings is 1. The van der Waals surface area contributed by atoms with Crippen LogP contribution in [0.1, 0.15) is 25.8 Å². The molecule has 1 atom stereocenters. The molecular weight excluding hydrogens is 226 g/mol. The quantitative estimate of drug-likeness (QED) is 0.849. The van der Waals surface area contributed by atoms with Crippen molar-refractivity contribution < 1.29 is 0 Å². The number of nitrogens with zero attached hydrogens (tertiary/aromatic N) is 1. The predicted molar refractivity (Wildman–Crippen MR) is 72.9 cm³/mol. The molecular formula is C14H19N3O. The summed E-state index contributed by atoms with van der Waals surface area (Å²) >= 11 is 0. The smallest absolute Gasteiger partial charge is 0.317 e. The SMILES string of the molecule is CC(C1CCNCC1)n1c(=O)[nH]c2ccccc21. The maximum absolute atomic E-state index is 12.1. The summed E-state index contributed by atoms with van der Waals surface area (Å²) in [5, 5.41) is 3.37. The molecule has 2 aromatic rings. The number of fused-ring (bicyclic) bond motifs is 1. The molecule has 1 aliphatic heterocycles. The van der Waals surface area contributed by atoms with Crippen molar-refractivity contribution in [1.29, 1.82) is 0 Å². The lowest BCUT2D eigenvalue weighted by atomic mass is 9.91. The number of hydrogen-bond donors (Lipinski definition) is 2. The van der Waals surface area contributed by atoms with E-state index in [1.807, 2.05) is 28.8 Å². The van der Waals surface area contributed by atoms with Gasteiger partial charge in [-0.25, -0.2) is 4.79 Å². The van der Waals surface area contributed by atoms with Gasteiger partial charge in [0.2, 0.25) is 0 Å². The van der Waals surface area contributed by atoms with E-state index in [1.54, 1.807) is 0 Å². The molecule has 1 aromatic heterocycles. The second-order valence-corrected chi connectivity index (χ2v) is 5.15. The highest BCUT2D eigenvalue weighted by molar-refractivity contribution is 5.75. The van der Waals surface area contributed by atoms with Crippen LogP contribution in [0.15, 0.2) is 29.1 Å². The van der Waals surface area contributed by atoms with E-state index in [4.69, 9.17) is 0 Å². The topological polar surface area (TPSA) is 49.8 Å². The van der Waals surface area contributed by atoms with Crippen molar-refractivity contribution >= 4 is 11.0 Å². The molecule has 4 nitrogen and oxygen atoms in total. The van der Waals surface area contributed by atoms with Gasteiger partial charge in [0.1, 0.15) is 0 Å². The van der Waals surface area contributed by atoms with Gasteiger partial charge in [0.25, 0.3) is 0 Å². The van der Waals surface area contributed by atoms with Crippen molar-refractivity contribution in [1.82, 2.24) is 14.9 Å². The first-order chi connectivity index (χ1) is 8.77. The minimum atomic E-state index is 0.0160. The zero-order chi connectivity index (χ0) is 12.5. The van der Waals surface area contributed by atoms with Crippen LogP contribution in [-0.4, -0.2) is 22.6 Å². The van der Waals surface area contributed by atoms with Crippen molar-refractivity contribution in [3.05, 3.63) is 34.7 Å². The van der Waals surface area contributed by atoms with E-state index < -0.39 is 0 Å². The van der Waals surface area contributed by atoms with Gasteiger partial charge in [-0.15, -0.1) is 0 Å². The van der Waals surface area contributed by atoms with Gasteiger partial charge in [-0.1, -0.05) is 12.1 Å². The minimum absolute atomic E-state index is 0.0160. The molecule has 2 N–H and O–H groups in total. The summed E-state index contributed by atoms with van der Waals surface area (Å²) < 4.78 is 1.92. The van der Waals surface area contributed by atoms with Crippen molar-refractivity contribution in [3.8, 4) is 0 Å². The highest BCUT2D eigenvalue weighted by Crippen LogP contribution is 2.27. The van der Waals surface area contributed by atoms with Crippen LogP contribution in [-0.2, 0) is 0 Å². The van der Waals surface area contributed by atoms with Gasteiger partial charge in [0, 0.05) is 6.04 Å². The summed E-state index contributed by atoms with van der Waals surface area (Å²) in [4.78, 5) is 15.1. The molecule has 1 unspecified atom stereocenters. The summed E-state index contributed by atoms with van der Waals surface area (Å²) in [5.41, 5.74) is 1.97. The minimum Gasteiger partial charge on any atom is -0.317 e. The number of nitrogens with one attached hydrogen (secondary N) is 2. The Hall–Kier alpha value is -1.55. The molecule has 0 spiro atoms. The molecule has 18 heavy (non-hydrogen) atoms. The monoisotopic (exact) mass is 245 g/mol. The number of hydrogen-bond acceptors (Lipinski definition) is 2. The maximum atomic E-state index is 12.1. The lowest BCUT2D eigenvalue weighted by molar-refractivity contribution is 0.276. The highest BCUT2D eigenvalue weighted by Gasteiger charge is 2.23. The van der Waals surface area contributed by atoms with Crippen LogP contribution in [0.2, 0.25) is 0 Å². The average Bonchev–Trinajstić information content (AvgIpc) is 2.75. The van der Waals surface area contributed by atoms with E-state index in [0.717, 1.165) is 37.0 Å². The van der Waals surface area contributed by atoms with Gasteiger partial charge < -0.3 is 10.3 Å². The predicted octanol–water partition coefficient (Wildman–Crippen LogP) is 1.89. The highest BCUT2D eigenvalue weighted by atomic mass is 16.1. The molecule has 2 heterocycles. The number of imidazole rings is 1. The van der Waals surface area contributed by atoms with Gasteiger partial charge in [0.15, 0.2) is 0 Å². The zero-order valence-electron chi connectivity index (χ0n) is 10.6. The van der Waals surface area contributed by atoms with Crippen LogP contribution in [0.4, 0.5) is 0 Å². The lowest BCUT2D eigenvalue weighted by Gasteiger charge is -2.29. The number of H-pyrrole nitrogens is 1. The molecule has 1 fully saturated rings. The second kappa shape index (κ2) is 4.61. The molecule has 96 valence electrons. The van der Waals surface area contributed by atoms with Crippen LogP contribution >= 0.6 is 0 Å². The van der Waals surface area contributed by atoms with Crippen LogP contribution in [0.3, 0.4) is 0 Å². The Morgan fingerprint density at radius 2 is 2.00 bits per heavy atom. The third-order valence-electron chi connectivity index (χ3n) is 4.10. The number of para-hydroxylation sites is 2. The Balaban J connectivity index is 2.02. The van der Waals surface area contributed by atoms with Gasteiger partial charge in [0.05, 0.1) is 11.0 Å². The Morgan fingerprint density at radius 3 is 2.78 bits per heavy atom. The van der Waals surface area contributed by atoms with Crippen molar-refractivity contribution in [2.45, 2.75) is 25.8 Å². The fraction of sp³-hybridized carbons (Fsp3) is 0.500. The van der Waals surface area contributed by atoms with E-state index in [9.17, 15) is 4.79 Å². The van der Waals surface area contributed by atoms with Crippen LogP contribution in [0.5, 0.6) is 0 Å². The third-order valence-corrected chi connectivity index (χ3v) is 4.10. The second-order valence-electron chi connectivity index (χ2n) is 5.15. The van der Waals surface area contributed by atoms with Crippen LogP contribution in [0, 0.1) is 5.92 Å². The normalized spacial score (nSPS) is 19.2. The van der Waals surface area contributed by atoms with E-state index in [2.05, 4.69) is 17.2 Å². The number of piperidine rings is 1. The fourth-order valence-electron chi connectivity index (χ4n) is 3.02. The average molecular weight is 245 g/mol. The standard InChI is InChI=1S/C14H19N3O/c1-10(11-6-8-15-9-7-11)17-13-5-3-2-4-12(13)16-14(17)18/h2-5,10-11,15H,6-9H2,1H3,(H,16,18). The first-order valence-corrected chi connectivity index (χ1v) is 6.67. The van der Waals surface area contributed by atoms with Gasteiger partial charge in [-0.3, -0.25) is 4.57 Å². The Bertz CT molecular complexity index is 592. The molecule has 0 aliphatic carbocycles. The summed E-state index contributed by atoms with van der Waals surface area (Å²) in [6.07, 6.45) is 2.29. The number of aromatic amines is 1. The maximum Gasteiger partial charge on any atom is 0.326 e. The summed E-state index contributed by atoms with van der Waals surface area (Å²) in [6, 6.07) is 8.18. The van der Waals surface area contributed by atoms with Crippen LogP contribution < -0.4 is 11.0 Å². The fourth-order valence-corrected chi connectivity index (χ4v) is 3.02. The third kappa shape index (κ3) is 1.86. The largest absolute Gasteiger partial charge is 0.326 e. The van der Waals surface area contributed by atoms with E-state index in [0.29, 0.717) is 5.92 Å². The van der Waals surface area contributed by atoms with Gasteiger partial charge in [-0.2, -0.15) is 0 Å². The molecule has 0 saturated carbocycles. The first-order valence-electron chi connectivity index (χ1n) is 6.67. The number of rotatable bonds is 2. The Morgan fingerprint density at radius 1 is 1.28 bits per heavy atom. The molecule has 1 saturated heterocycles. The summed E-state index contributed by atoms with van der Waals surface area (Å²) in [5.74, 6) is 0.586. The molecule has 1 aliphatic rings. The van der Waals surface area contributed by atoms with Gasteiger partial charge >= 0.3 is 5.69 Å². The summed E-state index contributed by atoms with van der Waals surface area (Å²) in [7, 11) is 0. The molecule has 1 aromatic carbocycles. The molecule has 3 rings (SSSR count). The van der Waals surface area contributed by atoms with E-state index in [-0.39, 0.29) is 11.7 Å². The van der Waals surface area contributed by atoms with E-state index in [1.165, 1.54) is 0 Å². The Labute approximate surface area is 106 Å². The lowest BCUT2D eigenvalue weighted by Crippen LogP contribution is -2.34. The van der Waals surface area contributed by atoms with Crippen molar-refractivity contribution in [2.75, 3.05) is 13.1 Å². The zero-order valence-corrected chi connectivity index (χ0v) is 10.6. The Kier molecular flexibility index (Phi) is 2.96. The van der Waals surface area contributed by atoms with Crippen molar-refractivity contribution in [3.63, 3.8) is 0 Å². The summed E-state index contributed by atoms with van der Waals surface area (Å²) in [6.45, 7) is 4.29.